The summed E-state index contributed by atoms with van der Waals surface area (Å²) < 4.78 is 5.75. The van der Waals surface area contributed by atoms with Crippen molar-refractivity contribution in [3.8, 4) is 0 Å². The van der Waals surface area contributed by atoms with Gasteiger partial charge in [0.2, 0.25) is 5.91 Å². The Morgan fingerprint density at radius 3 is 2.68 bits per heavy atom. The van der Waals surface area contributed by atoms with Crippen LogP contribution < -0.4 is 5.32 Å². The number of likely N-dealkylation sites (tertiary alicyclic amines) is 1. The third-order valence-corrected chi connectivity index (χ3v) is 6.66. The van der Waals surface area contributed by atoms with E-state index in [-0.39, 0.29) is 17.4 Å². The van der Waals surface area contributed by atoms with E-state index < -0.39 is 6.04 Å². The van der Waals surface area contributed by atoms with Gasteiger partial charge in [0.05, 0.1) is 17.0 Å². The lowest BCUT2D eigenvalue weighted by molar-refractivity contribution is -0.142. The van der Waals surface area contributed by atoms with Crippen molar-refractivity contribution in [2.24, 2.45) is 0 Å². The minimum Gasteiger partial charge on any atom is -0.379 e. The minimum atomic E-state index is -0.575. The highest BCUT2D eigenvalue weighted by Crippen LogP contribution is 2.37. The number of carbonyl (C=O) groups is 2. The zero-order valence-electron chi connectivity index (χ0n) is 15.9. The van der Waals surface area contributed by atoms with E-state index in [1.807, 2.05) is 46.7 Å². The van der Waals surface area contributed by atoms with Crippen LogP contribution in [0.5, 0.6) is 0 Å². The van der Waals surface area contributed by atoms with Gasteiger partial charge >= 0.3 is 0 Å². The number of amides is 2. The first kappa shape index (κ1) is 19.2. The quantitative estimate of drug-likeness (QED) is 0.841. The van der Waals surface area contributed by atoms with E-state index in [1.165, 1.54) is 11.3 Å². The largest absolute Gasteiger partial charge is 0.379 e. The van der Waals surface area contributed by atoms with Crippen LogP contribution >= 0.6 is 11.3 Å². The fourth-order valence-corrected chi connectivity index (χ4v) is 5.03. The van der Waals surface area contributed by atoms with Crippen LogP contribution in [0.4, 0.5) is 0 Å². The predicted molar refractivity (Wildman–Crippen MR) is 109 cm³/mol. The van der Waals surface area contributed by atoms with Gasteiger partial charge in [0, 0.05) is 19.6 Å². The molecule has 148 valence electrons. The van der Waals surface area contributed by atoms with Crippen LogP contribution in [0.25, 0.3) is 0 Å². The predicted octanol–water partition coefficient (Wildman–Crippen LogP) is 3.26. The molecule has 2 aromatic rings. The van der Waals surface area contributed by atoms with Gasteiger partial charge in [-0.1, -0.05) is 36.4 Å². The van der Waals surface area contributed by atoms with Gasteiger partial charge in [0.1, 0.15) is 6.04 Å². The summed E-state index contributed by atoms with van der Waals surface area (Å²) in [6, 6.07) is 12.9. The number of benzene rings is 1. The van der Waals surface area contributed by atoms with Gasteiger partial charge in [0.15, 0.2) is 0 Å². The summed E-state index contributed by atoms with van der Waals surface area (Å²) in [7, 11) is 0. The average molecular weight is 399 g/mol. The normalized spacial score (nSPS) is 22.9. The fourth-order valence-electron chi connectivity index (χ4n) is 4.41. The lowest BCUT2D eigenvalue weighted by Crippen LogP contribution is -2.58. The van der Waals surface area contributed by atoms with Crippen LogP contribution in [0.3, 0.4) is 0 Å². The topological polar surface area (TPSA) is 58.6 Å². The first-order chi connectivity index (χ1) is 13.7. The second-order valence-electron chi connectivity index (χ2n) is 7.67. The highest BCUT2D eigenvalue weighted by atomic mass is 32.1. The number of rotatable bonds is 5. The number of nitrogens with one attached hydrogen (secondary N) is 1. The molecule has 0 radical (unpaired) electrons. The molecule has 3 heterocycles. The number of ether oxygens (including phenoxy) is 1. The number of hydrogen-bond donors (Lipinski definition) is 1. The zero-order valence-corrected chi connectivity index (χ0v) is 16.7. The molecule has 1 aromatic heterocycles. The van der Waals surface area contributed by atoms with E-state index in [9.17, 15) is 9.59 Å². The molecule has 2 saturated heterocycles. The van der Waals surface area contributed by atoms with Crippen LogP contribution in [0.15, 0.2) is 47.8 Å². The van der Waals surface area contributed by atoms with E-state index >= 15 is 0 Å². The number of nitrogens with zero attached hydrogens (tertiary/aromatic N) is 1. The summed E-state index contributed by atoms with van der Waals surface area (Å²) in [5.41, 5.74) is 0.846. The maximum atomic E-state index is 13.6. The Morgan fingerprint density at radius 1 is 1.14 bits per heavy atom. The fraction of sp³-hybridized carbons (Fsp3) is 0.455. The summed E-state index contributed by atoms with van der Waals surface area (Å²) in [4.78, 5) is 28.9. The number of hydrogen-bond acceptors (Lipinski definition) is 4. The van der Waals surface area contributed by atoms with Crippen molar-refractivity contribution >= 4 is 23.2 Å². The third-order valence-electron chi connectivity index (χ3n) is 5.80. The molecule has 5 nitrogen and oxygen atoms in total. The molecule has 0 saturated carbocycles. The molecule has 1 spiro atoms. The Hall–Kier alpha value is -2.18. The van der Waals surface area contributed by atoms with Gasteiger partial charge in [-0.05, 0) is 42.7 Å². The van der Waals surface area contributed by atoms with Gasteiger partial charge in [0.25, 0.3) is 5.91 Å². The molecule has 2 aliphatic heterocycles. The first-order valence-corrected chi connectivity index (χ1v) is 10.8. The van der Waals surface area contributed by atoms with E-state index in [0.29, 0.717) is 17.9 Å². The van der Waals surface area contributed by atoms with Crippen molar-refractivity contribution in [2.75, 3.05) is 19.8 Å². The van der Waals surface area contributed by atoms with Gasteiger partial charge in [-0.25, -0.2) is 0 Å². The Morgan fingerprint density at radius 2 is 1.96 bits per heavy atom. The van der Waals surface area contributed by atoms with Crippen LogP contribution in [-0.4, -0.2) is 48.1 Å². The monoisotopic (exact) mass is 398 g/mol. The smallest absolute Gasteiger partial charge is 0.262 e. The Labute approximate surface area is 169 Å². The summed E-state index contributed by atoms with van der Waals surface area (Å²) in [6.07, 6.45) is 4.43. The summed E-state index contributed by atoms with van der Waals surface area (Å²) in [6.45, 7) is 2.12. The van der Waals surface area contributed by atoms with Crippen molar-refractivity contribution in [1.82, 2.24) is 10.2 Å². The van der Waals surface area contributed by atoms with Gasteiger partial charge in [-0.15, -0.1) is 11.3 Å². The molecule has 2 fully saturated rings. The maximum absolute atomic E-state index is 13.6. The van der Waals surface area contributed by atoms with Gasteiger partial charge in [-0.2, -0.15) is 0 Å². The van der Waals surface area contributed by atoms with E-state index in [0.717, 1.165) is 44.4 Å². The lowest BCUT2D eigenvalue weighted by atomic mass is 9.89. The molecular weight excluding hydrogens is 372 g/mol. The SMILES string of the molecule is O=C(NC(Cc1ccccc1)C(=O)N1CCCC12CCCOC2)c1cccs1. The average Bonchev–Trinajstić information content (AvgIpc) is 3.39. The van der Waals surface area contributed by atoms with Crippen molar-refractivity contribution < 1.29 is 14.3 Å². The standard InChI is InChI=1S/C22H26N2O3S/c25-20(19-9-4-14-28-19)23-18(15-17-7-2-1-3-8-17)21(26)24-12-5-10-22(24)11-6-13-27-16-22/h1-4,7-9,14,18H,5-6,10-13,15-16H2,(H,23,25). The molecule has 2 atom stereocenters. The number of thiophene rings is 1. The van der Waals surface area contributed by atoms with E-state index in [1.54, 1.807) is 6.07 Å². The van der Waals surface area contributed by atoms with Gasteiger partial charge < -0.3 is 15.0 Å². The Bertz CT molecular complexity index is 800. The summed E-state index contributed by atoms with van der Waals surface area (Å²) in [5.74, 6) is -0.172. The summed E-state index contributed by atoms with van der Waals surface area (Å²) >= 11 is 1.39. The molecule has 0 aliphatic carbocycles. The summed E-state index contributed by atoms with van der Waals surface area (Å²) in [5, 5.41) is 4.88. The Kier molecular flexibility index (Phi) is 5.78. The molecule has 2 amide bonds. The molecular formula is C22H26N2O3S. The first-order valence-electron chi connectivity index (χ1n) is 9.95. The molecule has 4 rings (SSSR count). The molecule has 28 heavy (non-hydrogen) atoms. The zero-order chi connectivity index (χ0) is 19.4. The van der Waals surface area contributed by atoms with Crippen molar-refractivity contribution in [3.05, 3.63) is 58.3 Å². The molecule has 1 N–H and O–H groups in total. The minimum absolute atomic E-state index is 0.0109. The highest BCUT2D eigenvalue weighted by molar-refractivity contribution is 7.12. The molecule has 0 bridgehead atoms. The number of carbonyl (C=O) groups excluding carboxylic acids is 2. The molecule has 6 heteroatoms. The molecule has 1 aromatic carbocycles. The van der Waals surface area contributed by atoms with Crippen LogP contribution in [0.2, 0.25) is 0 Å². The van der Waals surface area contributed by atoms with E-state index in [2.05, 4.69) is 5.32 Å². The third kappa shape index (κ3) is 3.98. The maximum Gasteiger partial charge on any atom is 0.262 e. The van der Waals surface area contributed by atoms with Crippen LogP contribution in [0.1, 0.15) is 40.9 Å². The van der Waals surface area contributed by atoms with Crippen LogP contribution in [0, 0.1) is 0 Å². The van der Waals surface area contributed by atoms with Crippen molar-refractivity contribution in [3.63, 3.8) is 0 Å². The molecule has 2 unspecified atom stereocenters. The molecule has 2 aliphatic rings. The van der Waals surface area contributed by atoms with Crippen LogP contribution in [-0.2, 0) is 16.0 Å². The Balaban J connectivity index is 1.56. The van der Waals surface area contributed by atoms with Crippen molar-refractivity contribution in [1.29, 1.82) is 0 Å². The van der Waals surface area contributed by atoms with E-state index in [4.69, 9.17) is 4.74 Å². The second-order valence-corrected chi connectivity index (χ2v) is 8.61. The highest BCUT2D eigenvalue weighted by Gasteiger charge is 2.46. The second kappa shape index (κ2) is 8.45. The lowest BCUT2D eigenvalue weighted by Gasteiger charge is -2.42. The van der Waals surface area contributed by atoms with Crippen molar-refractivity contribution in [2.45, 2.75) is 43.7 Å². The van der Waals surface area contributed by atoms with Gasteiger partial charge in [-0.3, -0.25) is 9.59 Å².